The van der Waals surface area contributed by atoms with Crippen molar-refractivity contribution >= 4 is 5.71 Å². The Hall–Kier alpha value is -3.77. The Morgan fingerprint density at radius 3 is 2.35 bits per heavy atom. The van der Waals surface area contributed by atoms with Crippen LogP contribution in [-0.4, -0.2) is 59.2 Å². The fraction of sp³-hybridized carbons (Fsp3) is 0.432. The Balaban J connectivity index is 1.45. The quantitative estimate of drug-likeness (QED) is 0.271. The Morgan fingerprint density at radius 1 is 0.884 bits per heavy atom. The van der Waals surface area contributed by atoms with Gasteiger partial charge in [-0.05, 0) is 122 Å². The van der Waals surface area contributed by atoms with E-state index in [9.17, 15) is 0 Å². The molecule has 0 spiro atoms. The number of rotatable bonds is 8. The average molecular weight is 583 g/mol. The lowest BCUT2D eigenvalue weighted by Crippen LogP contribution is -2.24. The summed E-state index contributed by atoms with van der Waals surface area (Å²) >= 11 is 0. The molecule has 3 unspecified atom stereocenters. The highest BCUT2D eigenvalue weighted by Gasteiger charge is 2.29. The summed E-state index contributed by atoms with van der Waals surface area (Å²) in [5, 5.41) is 0. The van der Waals surface area contributed by atoms with Crippen molar-refractivity contribution in [2.24, 2.45) is 16.8 Å². The van der Waals surface area contributed by atoms with Crippen LogP contribution in [0.15, 0.2) is 70.9 Å². The van der Waals surface area contributed by atoms with E-state index in [1.165, 1.54) is 33.7 Å². The fourth-order valence-corrected chi connectivity index (χ4v) is 6.44. The minimum absolute atomic E-state index is 0.265. The third-order valence-electron chi connectivity index (χ3n) is 9.20. The number of ether oxygens (including phenoxy) is 4. The molecule has 3 atom stereocenters. The second-order valence-electron chi connectivity index (χ2n) is 12.3. The summed E-state index contributed by atoms with van der Waals surface area (Å²) in [6.45, 7) is 8.43. The molecule has 43 heavy (non-hydrogen) atoms. The summed E-state index contributed by atoms with van der Waals surface area (Å²) in [7, 11) is 9.30. The molecule has 3 aromatic rings. The van der Waals surface area contributed by atoms with Crippen LogP contribution >= 0.6 is 0 Å². The highest BCUT2D eigenvalue weighted by molar-refractivity contribution is 6.03. The highest BCUT2D eigenvalue weighted by atomic mass is 16.5. The fourth-order valence-electron chi connectivity index (χ4n) is 6.44. The van der Waals surface area contributed by atoms with Gasteiger partial charge in [0.1, 0.15) is 11.5 Å². The van der Waals surface area contributed by atoms with Crippen molar-refractivity contribution < 1.29 is 18.9 Å². The second kappa shape index (κ2) is 13.3. The molecule has 0 bridgehead atoms. The minimum atomic E-state index is 0.265. The summed E-state index contributed by atoms with van der Waals surface area (Å²) in [6, 6.07) is 19.1. The molecule has 0 aliphatic carbocycles. The van der Waals surface area contributed by atoms with Crippen LogP contribution in [0.4, 0.5) is 0 Å². The van der Waals surface area contributed by atoms with Gasteiger partial charge in [-0.15, -0.1) is 0 Å². The zero-order valence-corrected chi connectivity index (χ0v) is 27.0. The van der Waals surface area contributed by atoms with Crippen LogP contribution in [0.1, 0.15) is 56.2 Å². The molecule has 0 saturated heterocycles. The van der Waals surface area contributed by atoms with E-state index in [1.807, 2.05) is 12.1 Å². The summed E-state index contributed by atoms with van der Waals surface area (Å²) in [4.78, 5) is 7.62. The zero-order chi connectivity index (χ0) is 30.7. The first kappa shape index (κ1) is 30.7. The van der Waals surface area contributed by atoms with Gasteiger partial charge in [0.2, 0.25) is 0 Å². The van der Waals surface area contributed by atoms with Crippen LogP contribution in [0.25, 0.3) is 11.1 Å². The van der Waals surface area contributed by atoms with E-state index < -0.39 is 0 Å². The molecule has 0 N–H and O–H groups in total. The largest absolute Gasteiger partial charge is 0.497 e. The lowest BCUT2D eigenvalue weighted by molar-refractivity contribution is 0.226. The highest BCUT2D eigenvalue weighted by Crippen LogP contribution is 2.40. The van der Waals surface area contributed by atoms with Crippen molar-refractivity contribution in [3.05, 3.63) is 82.6 Å². The third kappa shape index (κ3) is 6.59. The van der Waals surface area contributed by atoms with Gasteiger partial charge in [-0.2, -0.15) is 0 Å². The van der Waals surface area contributed by atoms with Crippen LogP contribution in [-0.2, 0) is 6.42 Å². The first-order chi connectivity index (χ1) is 20.7. The van der Waals surface area contributed by atoms with E-state index in [0.29, 0.717) is 18.4 Å². The van der Waals surface area contributed by atoms with Gasteiger partial charge in [-0.1, -0.05) is 26.0 Å². The van der Waals surface area contributed by atoms with Crippen LogP contribution < -0.4 is 18.9 Å². The Kier molecular flexibility index (Phi) is 9.46. The number of nitrogens with zero attached hydrogens (tertiary/aromatic N) is 2. The monoisotopic (exact) mass is 582 g/mol. The van der Waals surface area contributed by atoms with Gasteiger partial charge in [-0.25, -0.2) is 0 Å². The molecule has 6 nitrogen and oxygen atoms in total. The molecular formula is C37H46N2O4. The lowest BCUT2D eigenvalue weighted by atomic mass is 9.79. The molecule has 0 amide bonds. The molecule has 5 rings (SSSR count). The zero-order valence-electron chi connectivity index (χ0n) is 27.0. The van der Waals surface area contributed by atoms with Gasteiger partial charge in [0, 0.05) is 23.7 Å². The van der Waals surface area contributed by atoms with Crippen molar-refractivity contribution in [2.45, 2.75) is 46.0 Å². The molecule has 0 radical (unpaired) electrons. The molecule has 2 aliphatic rings. The topological polar surface area (TPSA) is 52.5 Å². The summed E-state index contributed by atoms with van der Waals surface area (Å²) in [5.74, 6) is 4.48. The molecule has 0 fully saturated rings. The Labute approximate surface area is 257 Å². The lowest BCUT2D eigenvalue weighted by Gasteiger charge is -2.29. The van der Waals surface area contributed by atoms with Crippen molar-refractivity contribution in [2.75, 3.05) is 48.6 Å². The van der Waals surface area contributed by atoms with Crippen LogP contribution in [0.5, 0.6) is 23.0 Å². The number of hydrogen-bond donors (Lipinski definition) is 0. The van der Waals surface area contributed by atoms with E-state index in [2.05, 4.69) is 82.2 Å². The molecule has 6 heteroatoms. The molecule has 2 aliphatic heterocycles. The van der Waals surface area contributed by atoms with Gasteiger partial charge < -0.3 is 23.8 Å². The van der Waals surface area contributed by atoms with Crippen LogP contribution in [0.3, 0.4) is 0 Å². The number of benzene rings is 3. The van der Waals surface area contributed by atoms with E-state index in [-0.39, 0.29) is 5.92 Å². The first-order valence-corrected chi connectivity index (χ1v) is 15.3. The van der Waals surface area contributed by atoms with E-state index >= 15 is 0 Å². The number of methoxy groups -OCH3 is 3. The predicted octanol–water partition coefficient (Wildman–Crippen LogP) is 7.79. The predicted molar refractivity (Wildman–Crippen MR) is 175 cm³/mol. The van der Waals surface area contributed by atoms with Gasteiger partial charge >= 0.3 is 0 Å². The second-order valence-corrected chi connectivity index (χ2v) is 12.3. The van der Waals surface area contributed by atoms with Crippen molar-refractivity contribution in [3.8, 4) is 34.1 Å². The third-order valence-corrected chi connectivity index (χ3v) is 9.20. The van der Waals surface area contributed by atoms with Crippen molar-refractivity contribution in [1.82, 2.24) is 4.90 Å². The maximum absolute atomic E-state index is 6.38. The van der Waals surface area contributed by atoms with E-state index in [4.69, 9.17) is 23.9 Å². The van der Waals surface area contributed by atoms with Gasteiger partial charge in [0.15, 0.2) is 11.5 Å². The molecule has 228 valence electrons. The smallest absolute Gasteiger partial charge is 0.161 e. The van der Waals surface area contributed by atoms with Crippen molar-refractivity contribution in [3.63, 3.8) is 0 Å². The summed E-state index contributed by atoms with van der Waals surface area (Å²) in [5.41, 5.74) is 9.69. The SMILES string of the molecule is COc1ccc2c(c1)C(C)C(C)=C(CN(C)C)N=C2CC1CCOc2ccc(-c3ccc(OC)c(OC)c3)cc2CC1C. The molecule has 0 aromatic heterocycles. The standard InChI is InChI=1S/C37H46N2O4/c1-23-17-29-18-27(28-10-14-36(41-7)37(20-28)42-8)9-13-35(29)43-16-15-26(23)19-33-31-12-11-30(40-6)21-32(31)24(2)25(3)34(38-33)22-39(4)5/h9-14,18,20-21,23-24,26H,15-17,19,22H2,1-8H3. The molecular weight excluding hydrogens is 536 g/mol. The first-order valence-electron chi connectivity index (χ1n) is 15.3. The molecule has 3 aromatic carbocycles. The Morgan fingerprint density at radius 2 is 1.63 bits per heavy atom. The maximum Gasteiger partial charge on any atom is 0.161 e. The summed E-state index contributed by atoms with van der Waals surface area (Å²) in [6.07, 6.45) is 2.84. The minimum Gasteiger partial charge on any atom is -0.497 e. The average Bonchev–Trinajstić information content (AvgIpc) is 3.09. The van der Waals surface area contributed by atoms with E-state index in [0.717, 1.165) is 59.9 Å². The van der Waals surface area contributed by atoms with Crippen molar-refractivity contribution in [1.29, 1.82) is 0 Å². The number of likely N-dealkylation sites (N-methyl/N-ethyl adjacent to an activating group) is 1. The van der Waals surface area contributed by atoms with Crippen LogP contribution in [0, 0.1) is 11.8 Å². The molecule has 0 saturated carbocycles. The van der Waals surface area contributed by atoms with E-state index in [1.54, 1.807) is 21.3 Å². The molecule has 2 heterocycles. The normalized spacial score (nSPS) is 20.2. The number of hydrogen-bond acceptors (Lipinski definition) is 6. The van der Waals surface area contributed by atoms with Gasteiger partial charge in [0.25, 0.3) is 0 Å². The van der Waals surface area contributed by atoms with Gasteiger partial charge in [0.05, 0.1) is 33.6 Å². The number of fused-ring (bicyclic) bond motifs is 2. The van der Waals surface area contributed by atoms with Gasteiger partial charge in [-0.3, -0.25) is 4.99 Å². The van der Waals surface area contributed by atoms with Crippen LogP contribution in [0.2, 0.25) is 0 Å². The maximum atomic E-state index is 6.38. The summed E-state index contributed by atoms with van der Waals surface area (Å²) < 4.78 is 23.0. The Bertz CT molecular complexity index is 1520. The number of allylic oxidation sites excluding steroid dienone is 1. The number of aliphatic imine (C=N–C) groups is 1.